The summed E-state index contributed by atoms with van der Waals surface area (Å²) < 4.78 is 5.87. The van der Waals surface area contributed by atoms with Crippen LogP contribution in [0.5, 0.6) is 5.75 Å². The second-order valence-electron chi connectivity index (χ2n) is 3.81. The van der Waals surface area contributed by atoms with Crippen molar-refractivity contribution in [3.8, 4) is 5.75 Å². The molecule has 0 amide bonds. The van der Waals surface area contributed by atoms with E-state index in [0.717, 1.165) is 17.7 Å². The van der Waals surface area contributed by atoms with Gasteiger partial charge in [-0.15, -0.1) is 0 Å². The van der Waals surface area contributed by atoms with Crippen molar-refractivity contribution in [3.63, 3.8) is 0 Å². The average molecular weight is 204 g/mol. The summed E-state index contributed by atoms with van der Waals surface area (Å²) in [5.74, 6) is 0.941. The Balaban J connectivity index is 2.59. The highest BCUT2D eigenvalue weighted by Crippen LogP contribution is 2.21. The summed E-state index contributed by atoms with van der Waals surface area (Å²) in [6.45, 7) is 8.10. The molecule has 82 valence electrons. The predicted octanol–water partition coefficient (Wildman–Crippen LogP) is 4.29. The first-order valence-corrected chi connectivity index (χ1v) is 5.66. The van der Waals surface area contributed by atoms with Gasteiger partial charge in [0.1, 0.15) is 5.75 Å². The third kappa shape index (κ3) is 3.78. The van der Waals surface area contributed by atoms with Crippen LogP contribution in [-0.4, -0.2) is 6.10 Å². The first-order valence-electron chi connectivity index (χ1n) is 5.66. The number of hydrogen-bond donors (Lipinski definition) is 0. The zero-order chi connectivity index (χ0) is 11.1. The molecule has 0 aliphatic heterocycles. The number of hydrogen-bond acceptors (Lipinski definition) is 1. The van der Waals surface area contributed by atoms with Gasteiger partial charge in [0, 0.05) is 5.56 Å². The molecule has 0 aliphatic carbocycles. The second kappa shape index (κ2) is 6.28. The van der Waals surface area contributed by atoms with E-state index >= 15 is 0 Å². The molecule has 1 unspecified atom stereocenters. The Bertz CT molecular complexity index is 304. The molecule has 1 atom stereocenters. The van der Waals surface area contributed by atoms with Crippen molar-refractivity contribution < 1.29 is 4.74 Å². The summed E-state index contributed by atoms with van der Waals surface area (Å²) in [6.07, 6.45) is 5.67. The number of unbranched alkanes of at least 4 members (excludes halogenated alkanes) is 1. The Labute approximate surface area is 92.8 Å². The molecular formula is C14H20O. The van der Waals surface area contributed by atoms with E-state index in [9.17, 15) is 0 Å². The number of rotatable bonds is 6. The van der Waals surface area contributed by atoms with Crippen molar-refractivity contribution in [2.75, 3.05) is 0 Å². The summed E-state index contributed by atoms with van der Waals surface area (Å²) in [5.41, 5.74) is 1.07. The molecule has 1 aromatic carbocycles. The minimum Gasteiger partial charge on any atom is -0.490 e. The van der Waals surface area contributed by atoms with Crippen LogP contribution in [-0.2, 0) is 0 Å². The van der Waals surface area contributed by atoms with Crippen molar-refractivity contribution in [2.24, 2.45) is 0 Å². The van der Waals surface area contributed by atoms with Crippen LogP contribution < -0.4 is 4.74 Å². The van der Waals surface area contributed by atoms with E-state index in [1.165, 1.54) is 12.8 Å². The molecule has 0 saturated heterocycles. The van der Waals surface area contributed by atoms with Gasteiger partial charge in [0.15, 0.2) is 0 Å². The maximum atomic E-state index is 5.87. The SMILES string of the molecule is C=Cc1ccccc1OC(C)CCCC. The largest absolute Gasteiger partial charge is 0.490 e. The second-order valence-corrected chi connectivity index (χ2v) is 3.81. The Morgan fingerprint density at radius 1 is 1.40 bits per heavy atom. The quantitative estimate of drug-likeness (QED) is 0.671. The van der Waals surface area contributed by atoms with Crippen LogP contribution in [0.3, 0.4) is 0 Å². The lowest BCUT2D eigenvalue weighted by atomic mass is 10.1. The Kier molecular flexibility index (Phi) is 4.96. The van der Waals surface area contributed by atoms with E-state index in [1.807, 2.05) is 30.3 Å². The molecule has 0 N–H and O–H groups in total. The fraction of sp³-hybridized carbons (Fsp3) is 0.429. The van der Waals surface area contributed by atoms with Gasteiger partial charge in [-0.2, -0.15) is 0 Å². The molecule has 0 aromatic heterocycles. The van der Waals surface area contributed by atoms with E-state index in [4.69, 9.17) is 4.74 Å². The van der Waals surface area contributed by atoms with Crippen LogP contribution >= 0.6 is 0 Å². The van der Waals surface area contributed by atoms with Gasteiger partial charge in [-0.25, -0.2) is 0 Å². The van der Waals surface area contributed by atoms with Gasteiger partial charge in [-0.3, -0.25) is 0 Å². The van der Waals surface area contributed by atoms with Gasteiger partial charge in [0.05, 0.1) is 6.10 Å². The van der Waals surface area contributed by atoms with Crippen molar-refractivity contribution in [2.45, 2.75) is 39.2 Å². The third-order valence-corrected chi connectivity index (χ3v) is 2.43. The minimum absolute atomic E-state index is 0.283. The molecule has 1 rings (SSSR count). The van der Waals surface area contributed by atoms with Crippen LogP contribution in [0.25, 0.3) is 6.08 Å². The third-order valence-electron chi connectivity index (χ3n) is 2.43. The minimum atomic E-state index is 0.283. The smallest absolute Gasteiger partial charge is 0.126 e. The summed E-state index contributed by atoms with van der Waals surface area (Å²) >= 11 is 0. The standard InChI is InChI=1S/C14H20O/c1-4-6-9-12(3)15-14-11-8-7-10-13(14)5-2/h5,7-8,10-12H,2,4,6,9H2,1,3H3. The maximum Gasteiger partial charge on any atom is 0.126 e. The average Bonchev–Trinajstić information content (AvgIpc) is 2.27. The van der Waals surface area contributed by atoms with Crippen LogP contribution in [0.15, 0.2) is 30.8 Å². The molecule has 0 saturated carbocycles. The molecule has 0 radical (unpaired) electrons. The predicted molar refractivity (Wildman–Crippen MR) is 66.1 cm³/mol. The van der Waals surface area contributed by atoms with Crippen molar-refractivity contribution in [3.05, 3.63) is 36.4 Å². The normalized spacial score (nSPS) is 12.1. The lowest BCUT2D eigenvalue weighted by Gasteiger charge is -2.15. The number of para-hydroxylation sites is 1. The topological polar surface area (TPSA) is 9.23 Å². The van der Waals surface area contributed by atoms with Gasteiger partial charge in [-0.05, 0) is 19.4 Å². The van der Waals surface area contributed by atoms with Gasteiger partial charge in [0.2, 0.25) is 0 Å². The van der Waals surface area contributed by atoms with Crippen molar-refractivity contribution in [1.29, 1.82) is 0 Å². The first-order chi connectivity index (χ1) is 7.27. The molecule has 15 heavy (non-hydrogen) atoms. The zero-order valence-corrected chi connectivity index (χ0v) is 9.70. The summed E-state index contributed by atoms with van der Waals surface area (Å²) in [4.78, 5) is 0. The van der Waals surface area contributed by atoms with Gasteiger partial charge in [-0.1, -0.05) is 50.6 Å². The van der Waals surface area contributed by atoms with E-state index in [2.05, 4.69) is 20.4 Å². The summed E-state index contributed by atoms with van der Waals surface area (Å²) in [5, 5.41) is 0. The monoisotopic (exact) mass is 204 g/mol. The highest BCUT2D eigenvalue weighted by Gasteiger charge is 2.05. The Morgan fingerprint density at radius 3 is 2.80 bits per heavy atom. The van der Waals surface area contributed by atoms with Gasteiger partial charge < -0.3 is 4.74 Å². The van der Waals surface area contributed by atoms with Crippen LogP contribution in [0.4, 0.5) is 0 Å². The highest BCUT2D eigenvalue weighted by molar-refractivity contribution is 5.55. The molecule has 0 aliphatic rings. The van der Waals surface area contributed by atoms with Crippen LogP contribution in [0, 0.1) is 0 Å². The van der Waals surface area contributed by atoms with E-state index < -0.39 is 0 Å². The van der Waals surface area contributed by atoms with Gasteiger partial charge in [0.25, 0.3) is 0 Å². The molecule has 0 heterocycles. The molecular weight excluding hydrogens is 184 g/mol. The maximum absolute atomic E-state index is 5.87. The van der Waals surface area contributed by atoms with Crippen molar-refractivity contribution in [1.82, 2.24) is 0 Å². The molecule has 1 heteroatoms. The molecule has 1 nitrogen and oxygen atoms in total. The molecule has 1 aromatic rings. The lowest BCUT2D eigenvalue weighted by molar-refractivity contribution is 0.207. The van der Waals surface area contributed by atoms with Crippen LogP contribution in [0.2, 0.25) is 0 Å². The van der Waals surface area contributed by atoms with Crippen LogP contribution in [0.1, 0.15) is 38.7 Å². The van der Waals surface area contributed by atoms with Crippen molar-refractivity contribution >= 4 is 6.08 Å². The summed E-state index contributed by atoms with van der Waals surface area (Å²) in [7, 11) is 0. The Morgan fingerprint density at radius 2 is 2.13 bits per heavy atom. The lowest BCUT2D eigenvalue weighted by Crippen LogP contribution is -2.11. The molecule has 0 bridgehead atoms. The molecule has 0 spiro atoms. The van der Waals surface area contributed by atoms with Gasteiger partial charge >= 0.3 is 0 Å². The van der Waals surface area contributed by atoms with E-state index in [-0.39, 0.29) is 6.10 Å². The Hall–Kier alpha value is -1.24. The summed E-state index contributed by atoms with van der Waals surface area (Å²) in [6, 6.07) is 8.02. The van der Waals surface area contributed by atoms with E-state index in [1.54, 1.807) is 0 Å². The first kappa shape index (κ1) is 11.8. The zero-order valence-electron chi connectivity index (χ0n) is 9.70. The number of benzene rings is 1. The van der Waals surface area contributed by atoms with E-state index in [0.29, 0.717) is 0 Å². The highest BCUT2D eigenvalue weighted by atomic mass is 16.5. The molecule has 0 fully saturated rings. The fourth-order valence-electron chi connectivity index (χ4n) is 1.52. The number of ether oxygens (including phenoxy) is 1. The fourth-order valence-corrected chi connectivity index (χ4v) is 1.52.